The molecule has 1 heterocycles. The van der Waals surface area contributed by atoms with Crippen molar-refractivity contribution in [2.24, 2.45) is 0 Å². The average molecular weight is 335 g/mol. The molecule has 0 unspecified atom stereocenters. The van der Waals surface area contributed by atoms with Gasteiger partial charge in [-0.15, -0.1) is 0 Å². The molecule has 1 aromatic heterocycles. The van der Waals surface area contributed by atoms with Crippen LogP contribution in [0.1, 0.15) is 39.5 Å². The Morgan fingerprint density at radius 2 is 1.91 bits per heavy atom. The number of benzene rings is 1. The molecule has 3 rings (SSSR count). The van der Waals surface area contributed by atoms with E-state index in [1.807, 2.05) is 6.07 Å². The largest absolute Gasteiger partial charge is 0.489 e. The lowest BCUT2D eigenvalue weighted by atomic mass is 9.92. The van der Waals surface area contributed by atoms with Gasteiger partial charge < -0.3 is 15.0 Å². The molecule has 23 heavy (non-hydrogen) atoms. The van der Waals surface area contributed by atoms with Crippen molar-refractivity contribution >= 4 is 22.4 Å². The third kappa shape index (κ3) is 3.70. The Bertz CT molecular complexity index is 733. The molecule has 0 bridgehead atoms. The van der Waals surface area contributed by atoms with Gasteiger partial charge in [-0.1, -0.05) is 25.4 Å². The predicted octanol–water partition coefficient (Wildman–Crippen LogP) is 3.87. The summed E-state index contributed by atoms with van der Waals surface area (Å²) in [6.45, 7) is 4.36. The molecular weight excluding hydrogens is 312 g/mol. The second-order valence-corrected chi connectivity index (χ2v) is 6.94. The Balaban J connectivity index is 1.71. The number of fused-ring (bicyclic) bond motifs is 1. The first-order valence-electron chi connectivity index (χ1n) is 8.27. The summed E-state index contributed by atoms with van der Waals surface area (Å²) < 4.78 is 6.12. The fraction of sp³-hybridized carbons (Fsp3) is 0.500. The smallest absolute Gasteiger partial charge is 0.255 e. The quantitative estimate of drug-likeness (QED) is 0.892. The van der Waals surface area contributed by atoms with Crippen LogP contribution in [0.15, 0.2) is 29.2 Å². The molecule has 1 aliphatic carbocycles. The van der Waals surface area contributed by atoms with Gasteiger partial charge in [0.25, 0.3) is 5.56 Å². The lowest BCUT2D eigenvalue weighted by Gasteiger charge is -2.31. The third-order valence-corrected chi connectivity index (χ3v) is 4.78. The minimum atomic E-state index is -0.129. The van der Waals surface area contributed by atoms with Gasteiger partial charge >= 0.3 is 0 Å². The van der Waals surface area contributed by atoms with E-state index in [4.69, 9.17) is 16.3 Å². The molecule has 1 fully saturated rings. The summed E-state index contributed by atoms with van der Waals surface area (Å²) in [5.41, 5.74) is -0.129. The van der Waals surface area contributed by atoms with Crippen LogP contribution in [0.25, 0.3) is 10.8 Å². The summed E-state index contributed by atoms with van der Waals surface area (Å²) in [6, 6.07) is 6.50. The van der Waals surface area contributed by atoms with E-state index in [0.29, 0.717) is 28.2 Å². The van der Waals surface area contributed by atoms with Crippen LogP contribution in [-0.4, -0.2) is 23.2 Å². The third-order valence-electron chi connectivity index (χ3n) is 4.39. The number of ether oxygens (including phenoxy) is 1. The summed E-state index contributed by atoms with van der Waals surface area (Å²) in [7, 11) is 0. The number of hydrogen-bond donors (Lipinski definition) is 2. The van der Waals surface area contributed by atoms with Crippen LogP contribution in [0.5, 0.6) is 5.75 Å². The Kier molecular flexibility index (Phi) is 4.93. The van der Waals surface area contributed by atoms with Gasteiger partial charge in [0, 0.05) is 29.1 Å². The van der Waals surface area contributed by atoms with Crippen LogP contribution in [-0.2, 0) is 0 Å². The van der Waals surface area contributed by atoms with Crippen LogP contribution < -0.4 is 15.6 Å². The monoisotopic (exact) mass is 334 g/mol. The summed E-state index contributed by atoms with van der Waals surface area (Å²) in [6.07, 6.45) is 6.09. The van der Waals surface area contributed by atoms with E-state index in [1.165, 1.54) is 0 Å². The highest BCUT2D eigenvalue weighted by atomic mass is 35.5. The first-order chi connectivity index (χ1) is 11.0. The lowest BCUT2D eigenvalue weighted by Crippen LogP contribution is -2.39. The molecule has 0 aliphatic heterocycles. The molecule has 0 radical (unpaired) electrons. The summed E-state index contributed by atoms with van der Waals surface area (Å²) in [5, 5.41) is 5.44. The van der Waals surface area contributed by atoms with Crippen molar-refractivity contribution in [1.29, 1.82) is 0 Å². The predicted molar refractivity (Wildman–Crippen MR) is 94.5 cm³/mol. The Labute approximate surface area is 141 Å². The molecule has 2 aromatic rings. The van der Waals surface area contributed by atoms with E-state index >= 15 is 0 Å². The van der Waals surface area contributed by atoms with Gasteiger partial charge in [-0.3, -0.25) is 4.79 Å². The maximum Gasteiger partial charge on any atom is 0.255 e. The first-order valence-corrected chi connectivity index (χ1v) is 8.65. The lowest BCUT2D eigenvalue weighted by molar-refractivity contribution is 0.138. The number of aromatic amines is 1. The number of aromatic nitrogens is 1. The van der Waals surface area contributed by atoms with Gasteiger partial charge in [0.15, 0.2) is 0 Å². The van der Waals surface area contributed by atoms with Crippen LogP contribution in [0.4, 0.5) is 0 Å². The number of pyridine rings is 1. The molecule has 2 N–H and O–H groups in total. The normalized spacial score (nSPS) is 21.7. The van der Waals surface area contributed by atoms with Crippen molar-refractivity contribution in [1.82, 2.24) is 10.3 Å². The Morgan fingerprint density at radius 1 is 1.17 bits per heavy atom. The number of nitrogens with one attached hydrogen (secondary N) is 2. The zero-order valence-corrected chi connectivity index (χ0v) is 14.3. The number of rotatable bonds is 4. The van der Waals surface area contributed by atoms with Gasteiger partial charge in [0.2, 0.25) is 0 Å². The first kappa shape index (κ1) is 16.3. The molecule has 1 aliphatic rings. The maximum absolute atomic E-state index is 11.8. The van der Waals surface area contributed by atoms with E-state index in [2.05, 4.69) is 24.1 Å². The van der Waals surface area contributed by atoms with Crippen molar-refractivity contribution < 1.29 is 4.74 Å². The second-order valence-electron chi connectivity index (χ2n) is 6.56. The molecule has 4 nitrogen and oxygen atoms in total. The zero-order valence-electron chi connectivity index (χ0n) is 13.6. The van der Waals surface area contributed by atoms with Gasteiger partial charge in [0.05, 0.1) is 11.1 Å². The van der Waals surface area contributed by atoms with Crippen molar-refractivity contribution in [3.05, 3.63) is 39.8 Å². The number of hydrogen-bond acceptors (Lipinski definition) is 3. The van der Waals surface area contributed by atoms with Crippen molar-refractivity contribution in [3.63, 3.8) is 0 Å². The van der Waals surface area contributed by atoms with Crippen molar-refractivity contribution in [2.45, 2.75) is 57.7 Å². The molecule has 5 heteroatoms. The van der Waals surface area contributed by atoms with Crippen LogP contribution in [0.3, 0.4) is 0 Å². The van der Waals surface area contributed by atoms with E-state index in [-0.39, 0.29) is 11.7 Å². The minimum absolute atomic E-state index is 0.129. The van der Waals surface area contributed by atoms with Crippen LogP contribution in [0, 0.1) is 0 Å². The highest BCUT2D eigenvalue weighted by Crippen LogP contribution is 2.34. The molecule has 1 saturated carbocycles. The zero-order chi connectivity index (χ0) is 16.4. The highest BCUT2D eigenvalue weighted by Gasteiger charge is 2.23. The molecule has 1 aromatic carbocycles. The maximum atomic E-state index is 11.8. The second kappa shape index (κ2) is 6.93. The Morgan fingerprint density at radius 3 is 2.61 bits per heavy atom. The van der Waals surface area contributed by atoms with Gasteiger partial charge in [-0.25, -0.2) is 0 Å². The standard InChI is InChI=1S/C18H23ClN2O2/c1-11(2)21-12-3-5-13(6-4-12)23-16-8-7-15-14(17(16)19)9-10-20-18(15)22/h7-13,21H,3-6H2,1-2H3,(H,20,22). The topological polar surface area (TPSA) is 54.1 Å². The molecule has 0 saturated heterocycles. The highest BCUT2D eigenvalue weighted by molar-refractivity contribution is 6.37. The molecule has 0 amide bonds. The molecule has 0 spiro atoms. The van der Waals surface area contributed by atoms with E-state index < -0.39 is 0 Å². The number of H-pyrrole nitrogens is 1. The van der Waals surface area contributed by atoms with Gasteiger partial charge in [-0.2, -0.15) is 0 Å². The fourth-order valence-corrected chi connectivity index (χ4v) is 3.57. The van der Waals surface area contributed by atoms with Gasteiger partial charge in [0.1, 0.15) is 5.75 Å². The van der Waals surface area contributed by atoms with E-state index in [1.54, 1.807) is 18.3 Å². The summed E-state index contributed by atoms with van der Waals surface area (Å²) in [4.78, 5) is 14.5. The van der Waals surface area contributed by atoms with Gasteiger partial charge in [-0.05, 0) is 43.9 Å². The SMILES string of the molecule is CC(C)NC1CCC(Oc2ccc3c(=O)[nH]ccc3c2Cl)CC1. The minimum Gasteiger partial charge on any atom is -0.489 e. The van der Waals surface area contributed by atoms with Crippen molar-refractivity contribution in [2.75, 3.05) is 0 Å². The van der Waals surface area contributed by atoms with E-state index in [0.717, 1.165) is 31.1 Å². The fourth-order valence-electron chi connectivity index (χ4n) is 3.30. The van der Waals surface area contributed by atoms with Crippen LogP contribution >= 0.6 is 11.6 Å². The molecule has 124 valence electrons. The Hall–Kier alpha value is -1.52. The van der Waals surface area contributed by atoms with Crippen molar-refractivity contribution in [3.8, 4) is 5.75 Å². The molecular formula is C18H23ClN2O2. The molecule has 0 atom stereocenters. The van der Waals surface area contributed by atoms with E-state index in [9.17, 15) is 4.79 Å². The summed E-state index contributed by atoms with van der Waals surface area (Å²) >= 11 is 6.44. The summed E-state index contributed by atoms with van der Waals surface area (Å²) in [5.74, 6) is 0.671. The average Bonchev–Trinajstić information content (AvgIpc) is 2.52. The number of halogens is 1. The van der Waals surface area contributed by atoms with Crippen LogP contribution in [0.2, 0.25) is 5.02 Å².